The summed E-state index contributed by atoms with van der Waals surface area (Å²) in [5.41, 5.74) is -0.901. The predicted octanol–water partition coefficient (Wildman–Crippen LogP) is 4.08. The van der Waals surface area contributed by atoms with Crippen LogP contribution >= 0.6 is 11.6 Å². The Hall–Kier alpha value is -4.17. The summed E-state index contributed by atoms with van der Waals surface area (Å²) >= 11 is 6.62. The second kappa shape index (κ2) is 8.70. The number of rotatable bonds is 5. The Labute approximate surface area is 216 Å². The Morgan fingerprint density at radius 2 is 2.00 bits per heavy atom. The first kappa shape index (κ1) is 24.2. The zero-order chi connectivity index (χ0) is 26.8. The van der Waals surface area contributed by atoms with Gasteiger partial charge in [-0.1, -0.05) is 11.6 Å². The van der Waals surface area contributed by atoms with E-state index < -0.39 is 29.4 Å². The fourth-order valence-corrected chi connectivity index (χ4v) is 4.63. The second-order valence-electron chi connectivity index (χ2n) is 8.88. The average molecular weight is 547 g/mol. The molecule has 1 aliphatic rings. The maximum absolute atomic E-state index is 13.6. The number of aliphatic hydroxyl groups is 1. The molecule has 0 amide bonds. The van der Waals surface area contributed by atoms with E-state index in [9.17, 15) is 23.1 Å². The summed E-state index contributed by atoms with van der Waals surface area (Å²) in [6.07, 6.45) is 3.47. The molecular formula is C23H18ClF3N8O3. The van der Waals surface area contributed by atoms with Gasteiger partial charge in [-0.15, -0.1) is 0 Å². The third-order valence-corrected chi connectivity index (χ3v) is 6.78. The Balaban J connectivity index is 1.38. The van der Waals surface area contributed by atoms with Gasteiger partial charge in [0, 0.05) is 31.7 Å². The molecule has 2 N–H and O–H groups in total. The topological polar surface area (TPSA) is 124 Å². The molecule has 1 saturated carbocycles. The first-order valence-electron chi connectivity index (χ1n) is 11.3. The SMILES string of the molecule is Cn1c(Nc2cc(C(F)(F)F)cn([C@H]3C[C@H](O)C3)c2=O)nc2ncc(Oc3cnn4ccncc34)c(Cl)c21. The third kappa shape index (κ3) is 4.01. The van der Waals surface area contributed by atoms with Crippen molar-refractivity contribution in [1.29, 1.82) is 0 Å². The minimum Gasteiger partial charge on any atom is -0.450 e. The predicted molar refractivity (Wildman–Crippen MR) is 130 cm³/mol. The van der Waals surface area contributed by atoms with Crippen LogP contribution in [0.2, 0.25) is 5.02 Å². The number of ether oxygens (including phenoxy) is 1. The summed E-state index contributed by atoms with van der Waals surface area (Å²) in [5, 5.41) is 16.6. The number of imidazole rings is 1. The smallest absolute Gasteiger partial charge is 0.417 e. The molecule has 5 aromatic rings. The highest BCUT2D eigenvalue weighted by atomic mass is 35.5. The van der Waals surface area contributed by atoms with Crippen LogP contribution in [-0.2, 0) is 13.2 Å². The molecule has 0 aliphatic heterocycles. The number of halogens is 4. The van der Waals surface area contributed by atoms with Crippen molar-refractivity contribution in [2.24, 2.45) is 7.05 Å². The Morgan fingerprint density at radius 1 is 1.21 bits per heavy atom. The van der Waals surface area contributed by atoms with Crippen LogP contribution < -0.4 is 15.6 Å². The van der Waals surface area contributed by atoms with E-state index in [1.165, 1.54) is 17.0 Å². The van der Waals surface area contributed by atoms with Crippen molar-refractivity contribution in [3.63, 3.8) is 0 Å². The lowest BCUT2D eigenvalue weighted by molar-refractivity contribution is -0.138. The lowest BCUT2D eigenvalue weighted by atomic mass is 9.89. The highest BCUT2D eigenvalue weighted by molar-refractivity contribution is 6.36. The maximum atomic E-state index is 13.6. The van der Waals surface area contributed by atoms with E-state index in [-0.39, 0.29) is 40.9 Å². The number of nitrogens with zero attached hydrogens (tertiary/aromatic N) is 7. The molecular weight excluding hydrogens is 529 g/mol. The quantitative estimate of drug-likeness (QED) is 0.338. The average Bonchev–Trinajstić information content (AvgIpc) is 3.40. The van der Waals surface area contributed by atoms with Gasteiger partial charge in [-0.2, -0.15) is 23.3 Å². The van der Waals surface area contributed by atoms with Gasteiger partial charge in [0.05, 0.1) is 30.3 Å². The van der Waals surface area contributed by atoms with E-state index in [1.807, 2.05) is 0 Å². The van der Waals surface area contributed by atoms with Crippen molar-refractivity contribution < 1.29 is 23.0 Å². The van der Waals surface area contributed by atoms with Gasteiger partial charge in [0.25, 0.3) is 5.56 Å². The van der Waals surface area contributed by atoms with Crippen LogP contribution in [0, 0.1) is 0 Å². The number of fused-ring (bicyclic) bond motifs is 2. The van der Waals surface area contributed by atoms with Crippen LogP contribution in [0.5, 0.6) is 11.5 Å². The zero-order valence-electron chi connectivity index (χ0n) is 19.5. The van der Waals surface area contributed by atoms with Gasteiger partial charge in [0.2, 0.25) is 5.95 Å². The van der Waals surface area contributed by atoms with Crippen LogP contribution in [-0.4, -0.2) is 44.9 Å². The van der Waals surface area contributed by atoms with Gasteiger partial charge < -0.3 is 24.3 Å². The molecule has 5 heterocycles. The molecule has 38 heavy (non-hydrogen) atoms. The fourth-order valence-electron chi connectivity index (χ4n) is 4.33. The van der Waals surface area contributed by atoms with Gasteiger partial charge in [0.15, 0.2) is 17.1 Å². The minimum atomic E-state index is -4.69. The first-order valence-corrected chi connectivity index (χ1v) is 11.7. The van der Waals surface area contributed by atoms with Crippen molar-refractivity contribution >= 4 is 39.9 Å². The van der Waals surface area contributed by atoms with Gasteiger partial charge >= 0.3 is 6.18 Å². The molecule has 6 rings (SSSR count). The summed E-state index contributed by atoms with van der Waals surface area (Å²) < 4.78 is 50.8. The Morgan fingerprint density at radius 3 is 2.74 bits per heavy atom. The number of nitrogens with one attached hydrogen (secondary N) is 1. The standard InChI is InChI=1S/C23H18ClF3N8O3/c1-33-19-18(24)17(38-16-9-30-35-3-2-28-7-15(16)35)8-29-20(19)32-22(33)31-14-4-11(23(25,26)27)10-34(21(14)37)12-5-13(36)6-12/h2-4,7-10,12-13,36H,5-6H2,1H3,(H,29,31,32)/t12-,13-. The van der Waals surface area contributed by atoms with Crippen molar-refractivity contribution in [3.8, 4) is 11.5 Å². The van der Waals surface area contributed by atoms with Crippen molar-refractivity contribution in [2.75, 3.05) is 5.32 Å². The van der Waals surface area contributed by atoms with Crippen LogP contribution in [0.15, 0.2) is 48.0 Å². The molecule has 0 aromatic carbocycles. The number of anilines is 2. The molecule has 1 fully saturated rings. The first-order chi connectivity index (χ1) is 18.1. The molecule has 0 radical (unpaired) electrons. The van der Waals surface area contributed by atoms with Crippen molar-refractivity contribution in [1.82, 2.24) is 33.7 Å². The normalized spacial score (nSPS) is 17.6. The molecule has 196 valence electrons. The molecule has 0 saturated heterocycles. The van der Waals surface area contributed by atoms with E-state index in [2.05, 4.69) is 25.4 Å². The molecule has 15 heteroatoms. The number of hydrogen-bond acceptors (Lipinski definition) is 8. The molecule has 0 atom stereocenters. The lowest BCUT2D eigenvalue weighted by Crippen LogP contribution is -2.37. The van der Waals surface area contributed by atoms with E-state index in [1.54, 1.807) is 30.2 Å². The van der Waals surface area contributed by atoms with E-state index in [4.69, 9.17) is 16.3 Å². The molecule has 5 aromatic heterocycles. The highest BCUT2D eigenvalue weighted by Crippen LogP contribution is 2.38. The van der Waals surface area contributed by atoms with Crippen LogP contribution in [0.1, 0.15) is 24.4 Å². The summed E-state index contributed by atoms with van der Waals surface area (Å²) in [4.78, 5) is 25.7. The van der Waals surface area contributed by atoms with E-state index in [0.717, 1.165) is 16.8 Å². The number of aliphatic hydroxyl groups excluding tert-OH is 1. The number of hydrogen-bond donors (Lipinski definition) is 2. The van der Waals surface area contributed by atoms with Gasteiger partial charge in [-0.3, -0.25) is 9.78 Å². The highest BCUT2D eigenvalue weighted by Gasteiger charge is 2.36. The fraction of sp³-hybridized carbons (Fsp3) is 0.261. The molecule has 1 aliphatic carbocycles. The summed E-state index contributed by atoms with van der Waals surface area (Å²) in [7, 11) is 1.57. The molecule has 11 nitrogen and oxygen atoms in total. The lowest BCUT2D eigenvalue weighted by Gasteiger charge is -2.33. The van der Waals surface area contributed by atoms with Gasteiger partial charge in [0.1, 0.15) is 21.7 Å². The number of aromatic nitrogens is 7. The summed E-state index contributed by atoms with van der Waals surface area (Å²) in [5.74, 6) is 0.619. The monoisotopic (exact) mass is 546 g/mol. The largest absolute Gasteiger partial charge is 0.450 e. The van der Waals surface area contributed by atoms with Crippen LogP contribution in [0.3, 0.4) is 0 Å². The van der Waals surface area contributed by atoms with Gasteiger partial charge in [-0.25, -0.2) is 9.50 Å². The molecule has 0 unspecified atom stereocenters. The Bertz CT molecular complexity index is 1760. The van der Waals surface area contributed by atoms with E-state index >= 15 is 0 Å². The second-order valence-corrected chi connectivity index (χ2v) is 9.25. The maximum Gasteiger partial charge on any atom is 0.417 e. The third-order valence-electron chi connectivity index (χ3n) is 6.41. The zero-order valence-corrected chi connectivity index (χ0v) is 20.3. The van der Waals surface area contributed by atoms with Crippen LogP contribution in [0.25, 0.3) is 16.7 Å². The van der Waals surface area contributed by atoms with Crippen molar-refractivity contribution in [2.45, 2.75) is 31.2 Å². The van der Waals surface area contributed by atoms with Crippen LogP contribution in [0.4, 0.5) is 24.8 Å². The number of alkyl halides is 3. The number of aryl methyl sites for hydroxylation is 1. The van der Waals surface area contributed by atoms with E-state index in [0.29, 0.717) is 16.8 Å². The number of pyridine rings is 2. The molecule has 0 bridgehead atoms. The summed E-state index contributed by atoms with van der Waals surface area (Å²) in [6, 6.07) is 0.197. The van der Waals surface area contributed by atoms with Gasteiger partial charge in [-0.05, 0) is 18.9 Å². The van der Waals surface area contributed by atoms with Crippen molar-refractivity contribution in [3.05, 3.63) is 64.2 Å². The molecule has 0 spiro atoms. The minimum absolute atomic E-state index is 0.0448. The Kier molecular flexibility index (Phi) is 5.54. The summed E-state index contributed by atoms with van der Waals surface area (Å²) in [6.45, 7) is 0.